The molecule has 0 aromatic heterocycles. The first-order valence-electron chi connectivity index (χ1n) is 8.37. The van der Waals surface area contributed by atoms with E-state index in [0.717, 1.165) is 30.4 Å². The summed E-state index contributed by atoms with van der Waals surface area (Å²) in [7, 11) is 0. The van der Waals surface area contributed by atoms with E-state index in [1.54, 1.807) is 0 Å². The molecule has 0 aromatic carbocycles. The molecule has 1 saturated carbocycles. The van der Waals surface area contributed by atoms with Gasteiger partial charge in [-0.3, -0.25) is 0 Å². The highest BCUT2D eigenvalue weighted by atomic mass is 16.7. The third-order valence-electron chi connectivity index (χ3n) is 5.05. The molecular weight excluding hydrogens is 276 g/mol. The molecule has 0 amide bonds. The van der Waals surface area contributed by atoms with Crippen LogP contribution in [0, 0.1) is 5.41 Å². The van der Waals surface area contributed by atoms with Crippen LogP contribution in [-0.4, -0.2) is 25.6 Å². The summed E-state index contributed by atoms with van der Waals surface area (Å²) in [4.78, 5) is 0. The summed E-state index contributed by atoms with van der Waals surface area (Å²) < 4.78 is 18.2. The number of ether oxygens (including phenoxy) is 3. The highest BCUT2D eigenvalue weighted by Crippen LogP contribution is 2.41. The van der Waals surface area contributed by atoms with Crippen LogP contribution >= 0.6 is 0 Å². The second kappa shape index (κ2) is 7.01. The van der Waals surface area contributed by atoms with Crippen molar-refractivity contribution in [2.75, 3.05) is 19.8 Å². The lowest BCUT2D eigenvalue weighted by Gasteiger charge is -2.47. The average molecular weight is 306 g/mol. The number of allylic oxidation sites excluding steroid dienone is 1. The van der Waals surface area contributed by atoms with Gasteiger partial charge in [0.1, 0.15) is 5.76 Å². The Morgan fingerprint density at radius 3 is 2.14 bits per heavy atom. The van der Waals surface area contributed by atoms with E-state index < -0.39 is 0 Å². The molecule has 3 nitrogen and oxygen atoms in total. The van der Waals surface area contributed by atoms with Gasteiger partial charge in [-0.05, 0) is 31.8 Å². The molecule has 1 aliphatic heterocycles. The molecule has 3 heteroatoms. The van der Waals surface area contributed by atoms with Gasteiger partial charge in [0, 0.05) is 18.4 Å². The lowest BCUT2D eigenvalue weighted by Crippen LogP contribution is -2.52. The summed E-state index contributed by atoms with van der Waals surface area (Å²) >= 11 is 0. The van der Waals surface area contributed by atoms with E-state index in [2.05, 4.69) is 26.7 Å². The monoisotopic (exact) mass is 306 g/mol. The third kappa shape index (κ3) is 3.82. The smallest absolute Gasteiger partial charge is 0.168 e. The largest absolute Gasteiger partial charge is 0.493 e. The summed E-state index contributed by atoms with van der Waals surface area (Å²) in [6.07, 6.45) is 6.69. The predicted molar refractivity (Wildman–Crippen MR) is 89.5 cm³/mol. The first kappa shape index (κ1) is 17.3. The Bertz CT molecular complexity index is 434. The first-order chi connectivity index (χ1) is 10.4. The third-order valence-corrected chi connectivity index (χ3v) is 5.05. The molecule has 0 unspecified atom stereocenters. The Kier molecular flexibility index (Phi) is 5.51. The summed E-state index contributed by atoms with van der Waals surface area (Å²) in [6.45, 7) is 17.8. The van der Waals surface area contributed by atoms with E-state index in [1.165, 1.54) is 19.3 Å². The van der Waals surface area contributed by atoms with Crippen molar-refractivity contribution in [2.24, 2.45) is 5.41 Å². The van der Waals surface area contributed by atoms with E-state index in [-0.39, 0.29) is 11.2 Å². The zero-order valence-electron chi connectivity index (χ0n) is 14.2. The van der Waals surface area contributed by atoms with Gasteiger partial charge in [0.05, 0.1) is 25.2 Å². The fourth-order valence-electron chi connectivity index (χ4n) is 2.99. The molecule has 2 rings (SSSR count). The maximum absolute atomic E-state index is 6.18. The SMILES string of the molecule is C=C(C)C(=C)C(=C)OCC1(CC)COC2(CCCCC2)OC1. The molecule has 0 radical (unpaired) electrons. The average Bonchev–Trinajstić information content (AvgIpc) is 2.54. The normalized spacial score (nSPS) is 23.0. The molecule has 0 aromatic rings. The van der Waals surface area contributed by atoms with E-state index in [1.807, 2.05) is 6.92 Å². The van der Waals surface area contributed by atoms with Crippen molar-refractivity contribution in [3.8, 4) is 0 Å². The molecule has 0 bridgehead atoms. The minimum Gasteiger partial charge on any atom is -0.493 e. The number of hydrogen-bond donors (Lipinski definition) is 0. The van der Waals surface area contributed by atoms with Crippen LogP contribution in [0.25, 0.3) is 0 Å². The standard InChI is InChI=1S/C19H30O3/c1-6-18(12-20-17(5)16(4)15(2)3)13-21-19(22-14-18)10-8-7-9-11-19/h2,4-14H2,1,3H3. The van der Waals surface area contributed by atoms with Crippen molar-refractivity contribution in [3.05, 3.63) is 36.6 Å². The maximum atomic E-state index is 6.18. The van der Waals surface area contributed by atoms with Crippen LogP contribution in [0.2, 0.25) is 0 Å². The van der Waals surface area contributed by atoms with Crippen LogP contribution in [0.15, 0.2) is 36.6 Å². The predicted octanol–water partition coefficient (Wildman–Crippen LogP) is 4.75. The highest BCUT2D eigenvalue weighted by molar-refractivity contribution is 5.36. The number of hydrogen-bond acceptors (Lipinski definition) is 3. The Balaban J connectivity index is 1.90. The van der Waals surface area contributed by atoms with E-state index in [4.69, 9.17) is 14.2 Å². The Hall–Kier alpha value is -1.06. The van der Waals surface area contributed by atoms with Gasteiger partial charge in [0.15, 0.2) is 5.79 Å². The fraction of sp³-hybridized carbons (Fsp3) is 0.684. The minimum absolute atomic E-state index is 0.0962. The van der Waals surface area contributed by atoms with Gasteiger partial charge >= 0.3 is 0 Å². The quantitative estimate of drug-likeness (QED) is 0.523. The van der Waals surface area contributed by atoms with Crippen molar-refractivity contribution in [2.45, 2.75) is 58.2 Å². The molecule has 0 N–H and O–H groups in total. The Labute approximate surface area is 135 Å². The van der Waals surface area contributed by atoms with Crippen LogP contribution in [-0.2, 0) is 14.2 Å². The Morgan fingerprint density at radius 1 is 1.05 bits per heavy atom. The van der Waals surface area contributed by atoms with E-state index in [0.29, 0.717) is 25.6 Å². The summed E-state index contributed by atoms with van der Waals surface area (Å²) in [5.41, 5.74) is 1.56. The van der Waals surface area contributed by atoms with E-state index >= 15 is 0 Å². The van der Waals surface area contributed by atoms with Gasteiger partial charge in [-0.2, -0.15) is 0 Å². The summed E-state index contributed by atoms with van der Waals surface area (Å²) in [6, 6.07) is 0. The van der Waals surface area contributed by atoms with Crippen molar-refractivity contribution in [3.63, 3.8) is 0 Å². The van der Waals surface area contributed by atoms with Gasteiger partial charge in [-0.1, -0.05) is 33.1 Å². The second-order valence-electron chi connectivity index (χ2n) is 6.87. The minimum atomic E-state index is -0.324. The molecule has 2 aliphatic rings. The van der Waals surface area contributed by atoms with Crippen LogP contribution in [0.3, 0.4) is 0 Å². The fourth-order valence-corrected chi connectivity index (χ4v) is 2.99. The second-order valence-corrected chi connectivity index (χ2v) is 6.87. The van der Waals surface area contributed by atoms with Gasteiger partial charge in [-0.25, -0.2) is 0 Å². The van der Waals surface area contributed by atoms with Crippen molar-refractivity contribution < 1.29 is 14.2 Å². The van der Waals surface area contributed by atoms with Gasteiger partial charge in [0.25, 0.3) is 0 Å². The zero-order chi connectivity index (χ0) is 16.2. The molecule has 1 saturated heterocycles. The molecule has 1 aliphatic carbocycles. The molecule has 2 fully saturated rings. The van der Waals surface area contributed by atoms with Crippen LogP contribution in [0.5, 0.6) is 0 Å². The topological polar surface area (TPSA) is 27.7 Å². The van der Waals surface area contributed by atoms with Crippen molar-refractivity contribution >= 4 is 0 Å². The molecule has 1 heterocycles. The van der Waals surface area contributed by atoms with E-state index in [9.17, 15) is 0 Å². The van der Waals surface area contributed by atoms with Crippen LogP contribution in [0.1, 0.15) is 52.4 Å². The van der Waals surface area contributed by atoms with Crippen LogP contribution < -0.4 is 0 Å². The molecular formula is C19H30O3. The lowest BCUT2D eigenvalue weighted by molar-refractivity contribution is -0.319. The Morgan fingerprint density at radius 2 is 1.64 bits per heavy atom. The molecule has 0 atom stereocenters. The molecule has 22 heavy (non-hydrogen) atoms. The lowest BCUT2D eigenvalue weighted by atomic mass is 9.85. The van der Waals surface area contributed by atoms with Gasteiger partial charge in [0.2, 0.25) is 0 Å². The summed E-state index contributed by atoms with van der Waals surface area (Å²) in [5.74, 6) is 0.271. The summed E-state index contributed by atoms with van der Waals surface area (Å²) in [5, 5.41) is 0. The number of rotatable bonds is 6. The zero-order valence-corrected chi connectivity index (χ0v) is 14.2. The van der Waals surface area contributed by atoms with Gasteiger partial charge in [-0.15, -0.1) is 0 Å². The molecule has 124 valence electrons. The maximum Gasteiger partial charge on any atom is 0.168 e. The van der Waals surface area contributed by atoms with Crippen molar-refractivity contribution in [1.29, 1.82) is 0 Å². The van der Waals surface area contributed by atoms with Gasteiger partial charge < -0.3 is 14.2 Å². The highest BCUT2D eigenvalue weighted by Gasteiger charge is 2.45. The van der Waals surface area contributed by atoms with Crippen molar-refractivity contribution in [1.82, 2.24) is 0 Å². The van der Waals surface area contributed by atoms with Crippen LogP contribution in [0.4, 0.5) is 0 Å². The molecule has 1 spiro atoms. The first-order valence-corrected chi connectivity index (χ1v) is 8.37.